The topological polar surface area (TPSA) is 58.1 Å². The summed E-state index contributed by atoms with van der Waals surface area (Å²) < 4.78 is 38.9. The zero-order valence-electron chi connectivity index (χ0n) is 16.8. The standard InChI is InChI=1S/C23H17F3N4OS/c1-15-7-8-16(21(31)29-18-5-2-4-17(13-18)23(24,25)26)12-20(15)30(22-28-10-11-32-22)19-6-3-9-27-14-19/h2-14H,1H3,(H,29,31). The fourth-order valence-electron chi connectivity index (χ4n) is 3.13. The lowest BCUT2D eigenvalue weighted by molar-refractivity contribution is -0.137. The minimum atomic E-state index is -4.49. The average molecular weight is 454 g/mol. The van der Waals surface area contributed by atoms with E-state index in [2.05, 4.69) is 15.3 Å². The van der Waals surface area contributed by atoms with Gasteiger partial charge in [0.05, 0.1) is 23.1 Å². The summed E-state index contributed by atoms with van der Waals surface area (Å²) in [5, 5.41) is 5.08. The van der Waals surface area contributed by atoms with Crippen LogP contribution in [0, 0.1) is 6.92 Å². The number of carbonyl (C=O) groups excluding carboxylic acids is 1. The predicted octanol–water partition coefficient (Wildman–Crippen LogP) is 6.59. The quantitative estimate of drug-likeness (QED) is 0.370. The lowest BCUT2D eigenvalue weighted by atomic mass is 10.1. The number of carbonyl (C=O) groups is 1. The number of hydrogen-bond acceptors (Lipinski definition) is 5. The zero-order chi connectivity index (χ0) is 22.7. The van der Waals surface area contributed by atoms with Crippen LogP contribution in [0.4, 0.5) is 35.4 Å². The molecule has 0 fully saturated rings. The molecular formula is C23H17F3N4OS. The summed E-state index contributed by atoms with van der Waals surface area (Å²) in [5.41, 5.74) is 1.90. The van der Waals surface area contributed by atoms with Crippen LogP contribution < -0.4 is 10.2 Å². The van der Waals surface area contributed by atoms with Gasteiger partial charge in [-0.25, -0.2) is 4.98 Å². The summed E-state index contributed by atoms with van der Waals surface area (Å²) in [5.74, 6) is -0.518. The molecule has 9 heteroatoms. The van der Waals surface area contributed by atoms with E-state index in [-0.39, 0.29) is 5.69 Å². The second kappa shape index (κ2) is 8.80. The number of aryl methyl sites for hydroxylation is 1. The zero-order valence-corrected chi connectivity index (χ0v) is 17.6. The Morgan fingerprint density at radius 2 is 1.91 bits per heavy atom. The Morgan fingerprint density at radius 3 is 2.59 bits per heavy atom. The third kappa shape index (κ3) is 4.62. The van der Waals surface area contributed by atoms with E-state index in [9.17, 15) is 18.0 Å². The van der Waals surface area contributed by atoms with Gasteiger partial charge in [-0.1, -0.05) is 12.1 Å². The number of rotatable bonds is 5. The Morgan fingerprint density at radius 1 is 1.06 bits per heavy atom. The van der Waals surface area contributed by atoms with Crippen LogP contribution in [0.5, 0.6) is 0 Å². The van der Waals surface area contributed by atoms with Gasteiger partial charge in [0.15, 0.2) is 5.13 Å². The van der Waals surface area contributed by atoms with Gasteiger partial charge in [-0.15, -0.1) is 11.3 Å². The Hall–Kier alpha value is -3.72. The molecule has 4 aromatic rings. The number of anilines is 4. The molecule has 0 spiro atoms. The third-order valence-corrected chi connectivity index (χ3v) is 5.43. The van der Waals surface area contributed by atoms with Crippen molar-refractivity contribution in [1.82, 2.24) is 9.97 Å². The lowest BCUT2D eigenvalue weighted by Gasteiger charge is -2.24. The minimum Gasteiger partial charge on any atom is -0.322 e. The van der Waals surface area contributed by atoms with Crippen molar-refractivity contribution in [2.75, 3.05) is 10.2 Å². The molecule has 2 heterocycles. The monoisotopic (exact) mass is 454 g/mol. The number of pyridine rings is 1. The highest BCUT2D eigenvalue weighted by molar-refractivity contribution is 7.13. The summed E-state index contributed by atoms with van der Waals surface area (Å²) in [4.78, 5) is 23.3. The Balaban J connectivity index is 1.69. The molecule has 2 aromatic heterocycles. The number of aromatic nitrogens is 2. The largest absolute Gasteiger partial charge is 0.416 e. The van der Waals surface area contributed by atoms with Gasteiger partial charge in [0.1, 0.15) is 0 Å². The van der Waals surface area contributed by atoms with Crippen molar-refractivity contribution in [3.05, 3.63) is 95.3 Å². The van der Waals surface area contributed by atoms with Crippen LogP contribution in [0.1, 0.15) is 21.5 Å². The van der Waals surface area contributed by atoms with E-state index in [1.807, 2.05) is 23.3 Å². The molecule has 0 radical (unpaired) electrons. The molecule has 1 amide bonds. The SMILES string of the molecule is Cc1ccc(C(=O)Nc2cccc(C(F)(F)F)c2)cc1N(c1cccnc1)c1nccs1. The average Bonchev–Trinajstić information content (AvgIpc) is 3.30. The summed E-state index contributed by atoms with van der Waals surface area (Å²) in [6.45, 7) is 1.90. The minimum absolute atomic E-state index is 0.0657. The molecular weight excluding hydrogens is 437 g/mol. The number of thiazole rings is 1. The molecule has 0 unspecified atom stereocenters. The predicted molar refractivity (Wildman–Crippen MR) is 119 cm³/mol. The van der Waals surface area contributed by atoms with Crippen LogP contribution in [-0.2, 0) is 6.18 Å². The maximum Gasteiger partial charge on any atom is 0.416 e. The fourth-order valence-corrected chi connectivity index (χ4v) is 3.81. The summed E-state index contributed by atoms with van der Waals surface area (Å²) >= 11 is 1.43. The molecule has 0 aliphatic rings. The van der Waals surface area contributed by atoms with E-state index in [4.69, 9.17) is 0 Å². The molecule has 0 aliphatic carbocycles. The highest BCUT2D eigenvalue weighted by atomic mass is 32.1. The number of alkyl halides is 3. The van der Waals surface area contributed by atoms with Crippen LogP contribution in [-0.4, -0.2) is 15.9 Å². The highest BCUT2D eigenvalue weighted by Crippen LogP contribution is 2.37. The Kier molecular flexibility index (Phi) is 5.91. The van der Waals surface area contributed by atoms with Crippen LogP contribution in [0.3, 0.4) is 0 Å². The maximum absolute atomic E-state index is 13.0. The number of halogens is 3. The van der Waals surface area contributed by atoms with E-state index < -0.39 is 17.6 Å². The van der Waals surface area contributed by atoms with Crippen molar-refractivity contribution >= 4 is 39.4 Å². The number of nitrogens with one attached hydrogen (secondary N) is 1. The second-order valence-corrected chi connectivity index (χ2v) is 7.77. The summed E-state index contributed by atoms with van der Waals surface area (Å²) in [6, 6.07) is 13.3. The van der Waals surface area contributed by atoms with Crippen molar-refractivity contribution in [2.45, 2.75) is 13.1 Å². The van der Waals surface area contributed by atoms with Crippen molar-refractivity contribution in [3.63, 3.8) is 0 Å². The van der Waals surface area contributed by atoms with Gasteiger partial charge in [0, 0.05) is 29.0 Å². The molecule has 2 aromatic carbocycles. The van der Waals surface area contributed by atoms with Gasteiger partial charge < -0.3 is 5.32 Å². The normalized spacial score (nSPS) is 11.2. The van der Waals surface area contributed by atoms with E-state index in [1.54, 1.807) is 42.9 Å². The summed E-state index contributed by atoms with van der Waals surface area (Å²) in [6.07, 6.45) is 0.546. The maximum atomic E-state index is 13.0. The first-order chi connectivity index (χ1) is 15.3. The van der Waals surface area contributed by atoms with Gasteiger partial charge in [-0.2, -0.15) is 13.2 Å². The van der Waals surface area contributed by atoms with Crippen molar-refractivity contribution in [3.8, 4) is 0 Å². The van der Waals surface area contributed by atoms with Gasteiger partial charge in [-0.3, -0.25) is 14.7 Å². The van der Waals surface area contributed by atoms with Crippen LogP contribution in [0.15, 0.2) is 78.6 Å². The molecule has 0 bridgehead atoms. The van der Waals surface area contributed by atoms with E-state index in [1.165, 1.54) is 23.5 Å². The first kappa shape index (κ1) is 21.5. The van der Waals surface area contributed by atoms with E-state index >= 15 is 0 Å². The summed E-state index contributed by atoms with van der Waals surface area (Å²) in [7, 11) is 0. The molecule has 0 saturated heterocycles. The number of nitrogens with zero attached hydrogens (tertiary/aromatic N) is 3. The molecule has 0 saturated carbocycles. The van der Waals surface area contributed by atoms with Crippen LogP contribution >= 0.6 is 11.3 Å². The van der Waals surface area contributed by atoms with Gasteiger partial charge in [0.2, 0.25) is 0 Å². The lowest BCUT2D eigenvalue weighted by Crippen LogP contribution is -2.16. The van der Waals surface area contributed by atoms with Gasteiger partial charge >= 0.3 is 6.18 Å². The molecule has 162 valence electrons. The number of hydrogen-bond donors (Lipinski definition) is 1. The molecule has 32 heavy (non-hydrogen) atoms. The highest BCUT2D eigenvalue weighted by Gasteiger charge is 2.30. The Labute approximate surface area is 186 Å². The van der Waals surface area contributed by atoms with Gasteiger partial charge in [-0.05, 0) is 55.0 Å². The van der Waals surface area contributed by atoms with E-state index in [0.717, 1.165) is 23.4 Å². The number of benzene rings is 2. The second-order valence-electron chi connectivity index (χ2n) is 6.90. The van der Waals surface area contributed by atoms with Crippen molar-refractivity contribution < 1.29 is 18.0 Å². The van der Waals surface area contributed by atoms with Gasteiger partial charge in [0.25, 0.3) is 5.91 Å². The first-order valence-electron chi connectivity index (χ1n) is 9.52. The smallest absolute Gasteiger partial charge is 0.322 e. The van der Waals surface area contributed by atoms with Crippen molar-refractivity contribution in [1.29, 1.82) is 0 Å². The molecule has 5 nitrogen and oxygen atoms in total. The van der Waals surface area contributed by atoms with Crippen molar-refractivity contribution in [2.24, 2.45) is 0 Å². The third-order valence-electron chi connectivity index (χ3n) is 4.67. The van der Waals surface area contributed by atoms with E-state index in [0.29, 0.717) is 16.4 Å². The molecule has 4 rings (SSSR count). The van der Waals surface area contributed by atoms with Crippen LogP contribution in [0.2, 0.25) is 0 Å². The molecule has 0 aliphatic heterocycles. The Bertz CT molecular complexity index is 1230. The first-order valence-corrected chi connectivity index (χ1v) is 10.4. The fraction of sp³-hybridized carbons (Fsp3) is 0.0870. The number of amides is 1. The van der Waals surface area contributed by atoms with Crippen LogP contribution in [0.25, 0.3) is 0 Å². The molecule has 0 atom stereocenters. The molecule has 1 N–H and O–H groups in total.